The van der Waals surface area contributed by atoms with Crippen LogP contribution in [-0.4, -0.2) is 6.29 Å². The summed E-state index contributed by atoms with van der Waals surface area (Å²) in [6.07, 6.45) is 4.66. The molecule has 1 aromatic rings. The number of allylic oxidation sites excluding steroid dienone is 2. The molecule has 0 saturated carbocycles. The van der Waals surface area contributed by atoms with Gasteiger partial charge < -0.3 is 0 Å². The fourth-order valence-corrected chi connectivity index (χ4v) is 1.89. The molecule has 0 atom stereocenters. The summed E-state index contributed by atoms with van der Waals surface area (Å²) in [6.45, 7) is 0. The molecule has 0 unspecified atom stereocenters. The van der Waals surface area contributed by atoms with Crippen LogP contribution in [0.4, 0.5) is 0 Å². The highest BCUT2D eigenvalue weighted by molar-refractivity contribution is 5.77. The van der Waals surface area contributed by atoms with E-state index in [1.165, 1.54) is 5.56 Å². The molecule has 0 heterocycles. The van der Waals surface area contributed by atoms with Gasteiger partial charge in [0, 0.05) is 17.6 Å². The average molecular weight is 210 g/mol. The molecule has 80 valence electrons. The van der Waals surface area contributed by atoms with E-state index in [1.54, 1.807) is 0 Å². The normalized spacial score (nSPS) is 14.5. The van der Waals surface area contributed by atoms with Gasteiger partial charge in [-0.05, 0) is 24.8 Å². The molecule has 1 heteroatoms. The lowest BCUT2D eigenvalue weighted by Crippen LogP contribution is -1.83. The molecule has 0 spiro atoms. The summed E-state index contributed by atoms with van der Waals surface area (Å²) in [4.78, 5) is 10.7. The first-order valence-corrected chi connectivity index (χ1v) is 5.60. The molecule has 1 aliphatic carbocycles. The van der Waals surface area contributed by atoms with Gasteiger partial charge in [0.15, 0.2) is 0 Å². The Kier molecular flexibility index (Phi) is 3.56. The second-order valence-corrected chi connectivity index (χ2v) is 3.94. The van der Waals surface area contributed by atoms with Crippen molar-refractivity contribution in [3.05, 3.63) is 47.0 Å². The third-order valence-electron chi connectivity index (χ3n) is 2.78. The molecule has 1 aliphatic rings. The van der Waals surface area contributed by atoms with Crippen molar-refractivity contribution in [2.75, 3.05) is 0 Å². The van der Waals surface area contributed by atoms with E-state index in [9.17, 15) is 4.79 Å². The van der Waals surface area contributed by atoms with Gasteiger partial charge in [0.1, 0.15) is 6.29 Å². The molecule has 0 aliphatic heterocycles. The first kappa shape index (κ1) is 10.7. The van der Waals surface area contributed by atoms with Gasteiger partial charge in [-0.15, -0.1) is 0 Å². The standard InChI is InChI=1S/C15H14O/c16-12-15-11-5-10-14(15)9-4-8-13-6-2-1-3-7-13/h1-3,6-7,12H,5,8,10-11H2. The Bertz CT molecular complexity index is 457. The molecular formula is C15H14O. The summed E-state index contributed by atoms with van der Waals surface area (Å²) in [5, 5.41) is 0. The second-order valence-electron chi connectivity index (χ2n) is 3.94. The molecule has 0 aromatic heterocycles. The van der Waals surface area contributed by atoms with Crippen molar-refractivity contribution in [3.8, 4) is 11.8 Å². The van der Waals surface area contributed by atoms with Gasteiger partial charge in [-0.3, -0.25) is 4.79 Å². The number of aldehydes is 1. The molecule has 1 nitrogen and oxygen atoms in total. The van der Waals surface area contributed by atoms with Crippen LogP contribution >= 0.6 is 0 Å². The van der Waals surface area contributed by atoms with Gasteiger partial charge >= 0.3 is 0 Å². The summed E-state index contributed by atoms with van der Waals surface area (Å²) in [6, 6.07) is 10.2. The number of hydrogen-bond donors (Lipinski definition) is 0. The van der Waals surface area contributed by atoms with Crippen molar-refractivity contribution in [3.63, 3.8) is 0 Å². The largest absolute Gasteiger partial charge is 0.298 e. The van der Waals surface area contributed by atoms with Crippen LogP contribution in [0.1, 0.15) is 24.8 Å². The molecule has 0 fully saturated rings. The summed E-state index contributed by atoms with van der Waals surface area (Å²) >= 11 is 0. The molecule has 0 N–H and O–H groups in total. The topological polar surface area (TPSA) is 17.1 Å². The van der Waals surface area contributed by atoms with E-state index in [4.69, 9.17) is 0 Å². The van der Waals surface area contributed by atoms with Crippen LogP contribution in [0, 0.1) is 11.8 Å². The van der Waals surface area contributed by atoms with E-state index in [1.807, 2.05) is 18.2 Å². The van der Waals surface area contributed by atoms with Gasteiger partial charge in [-0.2, -0.15) is 0 Å². The third kappa shape index (κ3) is 2.61. The van der Waals surface area contributed by atoms with Crippen molar-refractivity contribution < 1.29 is 4.79 Å². The van der Waals surface area contributed by atoms with E-state index in [0.29, 0.717) is 0 Å². The van der Waals surface area contributed by atoms with Crippen molar-refractivity contribution in [1.29, 1.82) is 0 Å². The molecule has 16 heavy (non-hydrogen) atoms. The molecule has 0 bridgehead atoms. The Balaban J connectivity index is 2.03. The predicted octanol–water partition coefficient (Wildman–Crippen LogP) is 2.91. The van der Waals surface area contributed by atoms with Crippen molar-refractivity contribution in [2.45, 2.75) is 25.7 Å². The van der Waals surface area contributed by atoms with Crippen molar-refractivity contribution in [1.82, 2.24) is 0 Å². The SMILES string of the molecule is O=CC1=C(C#CCc2ccccc2)CCC1. The molecule has 0 amide bonds. The van der Waals surface area contributed by atoms with Crippen LogP contribution in [-0.2, 0) is 11.2 Å². The molecular weight excluding hydrogens is 196 g/mol. The zero-order valence-corrected chi connectivity index (χ0v) is 9.20. The van der Waals surface area contributed by atoms with Crippen LogP contribution in [0.15, 0.2) is 41.5 Å². The maximum Gasteiger partial charge on any atom is 0.146 e. The van der Waals surface area contributed by atoms with Crippen LogP contribution in [0.25, 0.3) is 0 Å². The van der Waals surface area contributed by atoms with E-state index < -0.39 is 0 Å². The van der Waals surface area contributed by atoms with Crippen molar-refractivity contribution >= 4 is 6.29 Å². The molecule has 0 saturated heterocycles. The highest BCUT2D eigenvalue weighted by atomic mass is 16.1. The lowest BCUT2D eigenvalue weighted by Gasteiger charge is -1.92. The zero-order chi connectivity index (χ0) is 11.2. The third-order valence-corrected chi connectivity index (χ3v) is 2.78. The summed E-state index contributed by atoms with van der Waals surface area (Å²) in [7, 11) is 0. The quantitative estimate of drug-likeness (QED) is 0.542. The minimum atomic E-state index is 0.760. The Morgan fingerprint density at radius 2 is 2.00 bits per heavy atom. The van der Waals surface area contributed by atoms with Gasteiger partial charge in [-0.25, -0.2) is 0 Å². The Morgan fingerprint density at radius 1 is 1.19 bits per heavy atom. The summed E-state index contributed by atoms with van der Waals surface area (Å²) in [5.41, 5.74) is 3.17. The van der Waals surface area contributed by atoms with Gasteiger partial charge in [0.25, 0.3) is 0 Å². The molecule has 1 aromatic carbocycles. The van der Waals surface area contributed by atoms with Crippen LogP contribution in [0.3, 0.4) is 0 Å². The number of rotatable bonds is 2. The fraction of sp³-hybridized carbons (Fsp3) is 0.267. The maximum atomic E-state index is 10.7. The van der Waals surface area contributed by atoms with Gasteiger partial charge in [-0.1, -0.05) is 42.2 Å². The van der Waals surface area contributed by atoms with E-state index in [0.717, 1.165) is 43.1 Å². The number of benzene rings is 1. The maximum absolute atomic E-state index is 10.7. The Hall–Kier alpha value is -1.81. The minimum Gasteiger partial charge on any atom is -0.298 e. The Morgan fingerprint density at radius 3 is 2.75 bits per heavy atom. The molecule has 0 radical (unpaired) electrons. The summed E-state index contributed by atoms with van der Waals surface area (Å²) in [5.74, 6) is 6.27. The molecule has 2 rings (SSSR count). The monoisotopic (exact) mass is 210 g/mol. The minimum absolute atomic E-state index is 0.760. The second kappa shape index (κ2) is 5.32. The van der Waals surface area contributed by atoms with Crippen LogP contribution in [0.5, 0.6) is 0 Å². The lowest BCUT2D eigenvalue weighted by molar-refractivity contribution is -0.105. The predicted molar refractivity (Wildman–Crippen MR) is 64.9 cm³/mol. The highest BCUT2D eigenvalue weighted by Gasteiger charge is 2.11. The van der Waals surface area contributed by atoms with E-state index in [-0.39, 0.29) is 0 Å². The average Bonchev–Trinajstić information content (AvgIpc) is 2.78. The number of carbonyl (C=O) groups is 1. The van der Waals surface area contributed by atoms with Crippen molar-refractivity contribution in [2.24, 2.45) is 0 Å². The summed E-state index contributed by atoms with van der Waals surface area (Å²) < 4.78 is 0. The fourth-order valence-electron chi connectivity index (χ4n) is 1.89. The first-order chi connectivity index (χ1) is 7.90. The number of hydrogen-bond acceptors (Lipinski definition) is 1. The highest BCUT2D eigenvalue weighted by Crippen LogP contribution is 2.23. The number of carbonyl (C=O) groups excluding carboxylic acids is 1. The zero-order valence-electron chi connectivity index (χ0n) is 9.20. The van der Waals surface area contributed by atoms with Gasteiger partial charge in [0.05, 0.1) is 0 Å². The lowest BCUT2D eigenvalue weighted by atomic mass is 10.1. The van der Waals surface area contributed by atoms with Gasteiger partial charge in [0.2, 0.25) is 0 Å². The smallest absolute Gasteiger partial charge is 0.146 e. The van der Waals surface area contributed by atoms with E-state index in [2.05, 4.69) is 24.0 Å². The van der Waals surface area contributed by atoms with Crippen LogP contribution < -0.4 is 0 Å². The first-order valence-electron chi connectivity index (χ1n) is 5.60. The van der Waals surface area contributed by atoms with E-state index >= 15 is 0 Å². The van der Waals surface area contributed by atoms with Crippen LogP contribution in [0.2, 0.25) is 0 Å². The Labute approximate surface area is 96.2 Å².